The SMILES string of the molecule is N#CCCN(Cc1ccccc1)Cc1cccnc1. The van der Waals surface area contributed by atoms with Crippen molar-refractivity contribution in [2.75, 3.05) is 6.54 Å². The molecule has 0 aliphatic rings. The predicted octanol–water partition coefficient (Wildman–Crippen LogP) is 3.00. The number of hydrogen-bond acceptors (Lipinski definition) is 3. The van der Waals surface area contributed by atoms with Gasteiger partial charge in [0.25, 0.3) is 0 Å². The van der Waals surface area contributed by atoms with Gasteiger partial charge in [-0.05, 0) is 17.2 Å². The topological polar surface area (TPSA) is 39.9 Å². The summed E-state index contributed by atoms with van der Waals surface area (Å²) in [7, 11) is 0. The van der Waals surface area contributed by atoms with Gasteiger partial charge in [-0.1, -0.05) is 36.4 Å². The van der Waals surface area contributed by atoms with Crippen LogP contribution in [0.1, 0.15) is 17.5 Å². The van der Waals surface area contributed by atoms with Gasteiger partial charge in [0.2, 0.25) is 0 Å². The van der Waals surface area contributed by atoms with Gasteiger partial charge in [-0.25, -0.2) is 0 Å². The van der Waals surface area contributed by atoms with Crippen molar-refractivity contribution in [3.05, 3.63) is 66.0 Å². The summed E-state index contributed by atoms with van der Waals surface area (Å²) in [6.07, 6.45) is 4.21. The Hall–Kier alpha value is -2.18. The summed E-state index contributed by atoms with van der Waals surface area (Å²) in [6, 6.07) is 16.6. The Morgan fingerprint density at radius 1 is 1.00 bits per heavy atom. The molecule has 3 heteroatoms. The van der Waals surface area contributed by atoms with Gasteiger partial charge in [0.05, 0.1) is 6.07 Å². The molecule has 1 aromatic heterocycles. The van der Waals surface area contributed by atoms with Gasteiger partial charge < -0.3 is 0 Å². The van der Waals surface area contributed by atoms with E-state index < -0.39 is 0 Å². The van der Waals surface area contributed by atoms with Crippen molar-refractivity contribution in [1.29, 1.82) is 5.26 Å². The van der Waals surface area contributed by atoms with E-state index >= 15 is 0 Å². The van der Waals surface area contributed by atoms with Crippen molar-refractivity contribution in [2.24, 2.45) is 0 Å². The number of pyridine rings is 1. The third kappa shape index (κ3) is 4.53. The Labute approximate surface area is 114 Å². The highest BCUT2D eigenvalue weighted by molar-refractivity contribution is 5.15. The molecule has 2 aromatic rings. The maximum atomic E-state index is 8.76. The molecule has 0 atom stereocenters. The van der Waals surface area contributed by atoms with Crippen molar-refractivity contribution >= 4 is 0 Å². The van der Waals surface area contributed by atoms with E-state index in [1.165, 1.54) is 11.1 Å². The zero-order valence-electron chi connectivity index (χ0n) is 10.9. The van der Waals surface area contributed by atoms with Gasteiger partial charge in [-0.3, -0.25) is 9.88 Å². The lowest BCUT2D eigenvalue weighted by Crippen LogP contribution is -2.23. The Bertz CT molecular complexity index is 475. The molecule has 0 spiro atoms. The largest absolute Gasteiger partial charge is 0.294 e. The molecule has 1 heterocycles. The van der Waals surface area contributed by atoms with E-state index in [1.807, 2.05) is 30.5 Å². The van der Waals surface area contributed by atoms with Crippen LogP contribution < -0.4 is 0 Å². The highest BCUT2D eigenvalue weighted by atomic mass is 15.1. The fourth-order valence-electron chi connectivity index (χ4n) is 2.01. The fraction of sp³-hybridized carbons (Fsp3) is 0.250. The highest BCUT2D eigenvalue weighted by Crippen LogP contribution is 2.09. The van der Waals surface area contributed by atoms with E-state index in [0.29, 0.717) is 6.42 Å². The molecule has 96 valence electrons. The fourth-order valence-corrected chi connectivity index (χ4v) is 2.01. The Kier molecular flexibility index (Phi) is 5.09. The zero-order valence-corrected chi connectivity index (χ0v) is 10.9. The third-order valence-electron chi connectivity index (χ3n) is 2.92. The minimum absolute atomic E-state index is 0.549. The molecule has 19 heavy (non-hydrogen) atoms. The van der Waals surface area contributed by atoms with Crippen LogP contribution in [-0.4, -0.2) is 16.4 Å². The Morgan fingerprint density at radius 2 is 1.74 bits per heavy atom. The Balaban J connectivity index is 2.02. The van der Waals surface area contributed by atoms with Crippen LogP contribution in [0.25, 0.3) is 0 Å². The summed E-state index contributed by atoms with van der Waals surface area (Å²) in [5.74, 6) is 0. The molecule has 0 saturated carbocycles. The van der Waals surface area contributed by atoms with Crippen LogP contribution >= 0.6 is 0 Å². The average Bonchev–Trinajstić information content (AvgIpc) is 2.47. The van der Waals surface area contributed by atoms with Gasteiger partial charge in [0.15, 0.2) is 0 Å². The first-order valence-corrected chi connectivity index (χ1v) is 6.40. The average molecular weight is 251 g/mol. The van der Waals surface area contributed by atoms with Crippen LogP contribution in [0, 0.1) is 11.3 Å². The Morgan fingerprint density at radius 3 is 2.42 bits per heavy atom. The standard InChI is InChI=1S/C16H17N3/c17-9-5-11-19(13-15-6-2-1-3-7-15)14-16-8-4-10-18-12-16/h1-4,6-8,10,12H,5,11,13-14H2. The van der Waals surface area contributed by atoms with Crippen LogP contribution in [0.4, 0.5) is 0 Å². The molecule has 0 bridgehead atoms. The lowest BCUT2D eigenvalue weighted by atomic mass is 10.2. The molecule has 0 N–H and O–H groups in total. The summed E-state index contributed by atoms with van der Waals surface area (Å²) in [5, 5.41) is 8.76. The number of aromatic nitrogens is 1. The molecule has 0 aliphatic carbocycles. The van der Waals surface area contributed by atoms with Crippen molar-refractivity contribution < 1.29 is 0 Å². The smallest absolute Gasteiger partial charge is 0.0635 e. The normalized spacial score (nSPS) is 10.3. The second-order valence-electron chi connectivity index (χ2n) is 4.47. The molecule has 3 nitrogen and oxygen atoms in total. The molecule has 2 rings (SSSR count). The minimum Gasteiger partial charge on any atom is -0.294 e. The van der Waals surface area contributed by atoms with E-state index in [1.54, 1.807) is 6.20 Å². The van der Waals surface area contributed by atoms with Crippen LogP contribution in [0.15, 0.2) is 54.9 Å². The molecule has 0 radical (unpaired) electrons. The van der Waals surface area contributed by atoms with Crippen molar-refractivity contribution in [1.82, 2.24) is 9.88 Å². The van der Waals surface area contributed by atoms with Crippen LogP contribution in [-0.2, 0) is 13.1 Å². The first-order chi connectivity index (χ1) is 9.38. The number of hydrogen-bond donors (Lipinski definition) is 0. The first-order valence-electron chi connectivity index (χ1n) is 6.40. The molecule has 0 saturated heterocycles. The number of nitriles is 1. The quantitative estimate of drug-likeness (QED) is 0.792. The van der Waals surface area contributed by atoms with Gasteiger partial charge >= 0.3 is 0 Å². The van der Waals surface area contributed by atoms with Crippen molar-refractivity contribution in [2.45, 2.75) is 19.5 Å². The van der Waals surface area contributed by atoms with Gasteiger partial charge in [0, 0.05) is 38.4 Å². The number of rotatable bonds is 6. The lowest BCUT2D eigenvalue weighted by molar-refractivity contribution is 0.262. The van der Waals surface area contributed by atoms with E-state index in [2.05, 4.69) is 34.2 Å². The van der Waals surface area contributed by atoms with Crippen molar-refractivity contribution in [3.8, 4) is 6.07 Å². The number of benzene rings is 1. The monoisotopic (exact) mass is 251 g/mol. The molecule has 0 fully saturated rings. The summed E-state index contributed by atoms with van der Waals surface area (Å²) in [5.41, 5.74) is 2.45. The second-order valence-corrected chi connectivity index (χ2v) is 4.47. The maximum absolute atomic E-state index is 8.76. The molecule has 0 amide bonds. The van der Waals surface area contributed by atoms with Gasteiger partial charge in [0.1, 0.15) is 0 Å². The van der Waals surface area contributed by atoms with Crippen LogP contribution in [0.2, 0.25) is 0 Å². The van der Waals surface area contributed by atoms with Gasteiger partial charge in [-0.2, -0.15) is 5.26 Å². The predicted molar refractivity (Wildman–Crippen MR) is 75.0 cm³/mol. The highest BCUT2D eigenvalue weighted by Gasteiger charge is 2.06. The number of nitrogens with zero attached hydrogens (tertiary/aromatic N) is 3. The molecule has 1 aromatic carbocycles. The minimum atomic E-state index is 0.549. The molecule has 0 aliphatic heterocycles. The summed E-state index contributed by atoms with van der Waals surface area (Å²) in [6.45, 7) is 2.46. The van der Waals surface area contributed by atoms with Crippen molar-refractivity contribution in [3.63, 3.8) is 0 Å². The zero-order chi connectivity index (χ0) is 13.3. The summed E-state index contributed by atoms with van der Waals surface area (Å²) >= 11 is 0. The molecular formula is C16H17N3. The summed E-state index contributed by atoms with van der Waals surface area (Å²) < 4.78 is 0. The maximum Gasteiger partial charge on any atom is 0.0635 e. The lowest BCUT2D eigenvalue weighted by Gasteiger charge is -2.21. The van der Waals surface area contributed by atoms with E-state index in [-0.39, 0.29) is 0 Å². The summed E-state index contributed by atoms with van der Waals surface area (Å²) in [4.78, 5) is 6.41. The molecular weight excluding hydrogens is 234 g/mol. The van der Waals surface area contributed by atoms with Crippen LogP contribution in [0.5, 0.6) is 0 Å². The first kappa shape index (κ1) is 13.3. The van der Waals surface area contributed by atoms with E-state index in [4.69, 9.17) is 5.26 Å². The van der Waals surface area contributed by atoms with E-state index in [0.717, 1.165) is 19.6 Å². The molecule has 0 unspecified atom stereocenters. The third-order valence-corrected chi connectivity index (χ3v) is 2.92. The van der Waals surface area contributed by atoms with Gasteiger partial charge in [-0.15, -0.1) is 0 Å². The second kappa shape index (κ2) is 7.30. The van der Waals surface area contributed by atoms with Crippen LogP contribution in [0.3, 0.4) is 0 Å². The van der Waals surface area contributed by atoms with E-state index in [9.17, 15) is 0 Å².